The molecule has 0 N–H and O–H groups in total. The van der Waals surface area contributed by atoms with Crippen LogP contribution in [0.4, 0.5) is 0 Å². The van der Waals surface area contributed by atoms with E-state index in [2.05, 4.69) is 0 Å². The predicted molar refractivity (Wildman–Crippen MR) is 78.0 cm³/mol. The highest BCUT2D eigenvalue weighted by Crippen LogP contribution is 2.18. The van der Waals surface area contributed by atoms with Crippen LogP contribution in [0.3, 0.4) is 0 Å². The zero-order chi connectivity index (χ0) is 15.4. The fraction of sp³-hybridized carbons (Fsp3) is 0.267. The molecule has 0 aliphatic rings. The van der Waals surface area contributed by atoms with Crippen LogP contribution in [0.25, 0.3) is 0 Å². The summed E-state index contributed by atoms with van der Waals surface area (Å²) >= 11 is 0. The van der Waals surface area contributed by atoms with E-state index in [1.807, 2.05) is 6.92 Å². The topological polar surface area (TPSA) is 70.3 Å². The summed E-state index contributed by atoms with van der Waals surface area (Å²) in [5, 5.41) is 0. The van der Waals surface area contributed by atoms with Crippen LogP contribution in [0.5, 0.6) is 5.75 Å². The highest BCUT2D eigenvalue weighted by Gasteiger charge is 2.05. The Hall–Kier alpha value is -2.63. The van der Waals surface area contributed by atoms with Crippen molar-refractivity contribution in [3.05, 3.63) is 62.4 Å². The minimum absolute atomic E-state index is 0.168. The first kappa shape index (κ1) is 14.8. The first-order valence-electron chi connectivity index (χ1n) is 6.48. The first-order valence-corrected chi connectivity index (χ1v) is 6.48. The molecule has 0 fully saturated rings. The van der Waals surface area contributed by atoms with Gasteiger partial charge >= 0.3 is 5.69 Å². The molecular weight excluding hydrogens is 272 g/mol. The van der Waals surface area contributed by atoms with E-state index in [0.29, 0.717) is 11.3 Å². The second kappa shape index (κ2) is 6.21. The highest BCUT2D eigenvalue weighted by atomic mass is 16.5. The molecule has 1 aromatic carbocycles. The van der Waals surface area contributed by atoms with Gasteiger partial charge in [0.15, 0.2) is 0 Å². The fourth-order valence-electron chi connectivity index (χ4n) is 1.97. The van der Waals surface area contributed by atoms with E-state index in [1.54, 1.807) is 25.2 Å². The van der Waals surface area contributed by atoms with Crippen molar-refractivity contribution in [2.24, 2.45) is 7.05 Å². The zero-order valence-electron chi connectivity index (χ0n) is 11.9. The summed E-state index contributed by atoms with van der Waals surface area (Å²) < 4.78 is 8.03. The molecule has 0 atom stereocenters. The van der Waals surface area contributed by atoms with E-state index in [0.717, 1.165) is 16.4 Å². The van der Waals surface area contributed by atoms with Gasteiger partial charge in [-0.1, -0.05) is 0 Å². The van der Waals surface area contributed by atoms with Crippen LogP contribution in [0.1, 0.15) is 15.9 Å². The van der Waals surface area contributed by atoms with E-state index in [9.17, 15) is 14.4 Å². The molecule has 0 amide bonds. The monoisotopic (exact) mass is 288 g/mol. The number of rotatable bonds is 5. The Balaban J connectivity index is 2.09. The van der Waals surface area contributed by atoms with Gasteiger partial charge in [0.25, 0.3) is 5.56 Å². The van der Waals surface area contributed by atoms with E-state index in [-0.39, 0.29) is 24.4 Å². The van der Waals surface area contributed by atoms with Crippen molar-refractivity contribution < 1.29 is 9.53 Å². The van der Waals surface area contributed by atoms with Gasteiger partial charge < -0.3 is 9.30 Å². The maximum Gasteiger partial charge on any atom is 0.330 e. The Morgan fingerprint density at radius 3 is 2.67 bits per heavy atom. The second-order valence-electron chi connectivity index (χ2n) is 4.69. The highest BCUT2D eigenvalue weighted by molar-refractivity contribution is 5.75. The van der Waals surface area contributed by atoms with Crippen molar-refractivity contribution in [3.8, 4) is 5.75 Å². The molecule has 110 valence electrons. The third-order valence-corrected chi connectivity index (χ3v) is 3.15. The maximum absolute atomic E-state index is 11.8. The molecule has 1 aromatic heterocycles. The largest absolute Gasteiger partial charge is 0.491 e. The van der Waals surface area contributed by atoms with Crippen LogP contribution in [0.2, 0.25) is 0 Å². The number of carbonyl (C=O) groups excluding carboxylic acids is 1. The lowest BCUT2D eigenvalue weighted by atomic mass is 10.1. The minimum atomic E-state index is -0.376. The Morgan fingerprint density at radius 1 is 1.24 bits per heavy atom. The Kier molecular flexibility index (Phi) is 4.37. The van der Waals surface area contributed by atoms with Gasteiger partial charge in [-0.3, -0.25) is 14.2 Å². The number of ether oxygens (including phenoxy) is 1. The molecule has 0 unspecified atom stereocenters. The van der Waals surface area contributed by atoms with Crippen molar-refractivity contribution in [1.82, 2.24) is 9.13 Å². The summed E-state index contributed by atoms with van der Waals surface area (Å²) in [6.45, 7) is 2.19. The van der Waals surface area contributed by atoms with Crippen LogP contribution >= 0.6 is 0 Å². The molecule has 0 saturated heterocycles. The number of aryl methyl sites for hydroxylation is 2. The molecule has 0 radical (unpaired) electrons. The van der Waals surface area contributed by atoms with E-state index in [1.165, 1.54) is 16.8 Å². The lowest BCUT2D eigenvalue weighted by molar-refractivity contribution is 0.112. The summed E-state index contributed by atoms with van der Waals surface area (Å²) in [7, 11) is 1.58. The van der Waals surface area contributed by atoms with Gasteiger partial charge in [0, 0.05) is 24.9 Å². The van der Waals surface area contributed by atoms with Crippen molar-refractivity contribution >= 4 is 6.29 Å². The Labute approximate surface area is 121 Å². The van der Waals surface area contributed by atoms with Gasteiger partial charge in [-0.05, 0) is 30.7 Å². The molecule has 2 aromatic rings. The molecule has 1 heterocycles. The number of hydrogen-bond acceptors (Lipinski definition) is 4. The van der Waals surface area contributed by atoms with Crippen molar-refractivity contribution in [2.75, 3.05) is 6.61 Å². The van der Waals surface area contributed by atoms with Crippen molar-refractivity contribution in [3.63, 3.8) is 0 Å². The normalized spacial score (nSPS) is 10.4. The number of aromatic nitrogens is 2. The van der Waals surface area contributed by atoms with Gasteiger partial charge in [-0.2, -0.15) is 0 Å². The third-order valence-electron chi connectivity index (χ3n) is 3.15. The molecule has 0 spiro atoms. The summed E-state index contributed by atoms with van der Waals surface area (Å²) in [6, 6.07) is 6.41. The average Bonchev–Trinajstić information content (AvgIpc) is 2.48. The molecule has 6 nitrogen and oxygen atoms in total. The number of nitrogens with zero attached hydrogens (tertiary/aromatic N) is 2. The average molecular weight is 288 g/mol. The molecule has 0 saturated carbocycles. The van der Waals surface area contributed by atoms with Crippen LogP contribution in [0, 0.1) is 6.92 Å². The van der Waals surface area contributed by atoms with E-state index >= 15 is 0 Å². The smallest absolute Gasteiger partial charge is 0.330 e. The molecule has 6 heteroatoms. The zero-order valence-corrected chi connectivity index (χ0v) is 11.9. The summed E-state index contributed by atoms with van der Waals surface area (Å²) in [6.07, 6.45) is 2.20. The van der Waals surface area contributed by atoms with Crippen LogP contribution in [0.15, 0.2) is 40.1 Å². The second-order valence-corrected chi connectivity index (χ2v) is 4.69. The predicted octanol–water partition coefficient (Wildman–Crippen LogP) is 0.747. The summed E-state index contributed by atoms with van der Waals surface area (Å²) in [5.41, 5.74) is 0.676. The fourth-order valence-corrected chi connectivity index (χ4v) is 1.97. The SMILES string of the molecule is Cc1cc(C=O)ccc1OCCn1c(=O)ccn(C)c1=O. The maximum atomic E-state index is 11.8. The van der Waals surface area contributed by atoms with E-state index in [4.69, 9.17) is 4.74 Å². The van der Waals surface area contributed by atoms with Gasteiger partial charge in [0.2, 0.25) is 0 Å². The van der Waals surface area contributed by atoms with Crippen molar-refractivity contribution in [1.29, 1.82) is 0 Å². The molecule has 2 rings (SSSR count). The Bertz CT molecular complexity index is 774. The summed E-state index contributed by atoms with van der Waals surface area (Å²) in [4.78, 5) is 34.1. The third kappa shape index (κ3) is 3.28. The standard InChI is InChI=1S/C15H16N2O4/c1-11-9-12(10-18)3-4-13(11)21-8-7-17-14(19)5-6-16(2)15(17)20/h3-6,9-10H,7-8H2,1-2H3. The summed E-state index contributed by atoms with van der Waals surface area (Å²) in [5.74, 6) is 0.626. The van der Waals surface area contributed by atoms with Crippen LogP contribution in [-0.4, -0.2) is 22.0 Å². The van der Waals surface area contributed by atoms with Gasteiger partial charge in [-0.15, -0.1) is 0 Å². The quantitative estimate of drug-likeness (QED) is 0.761. The first-order chi connectivity index (χ1) is 10.0. The number of aldehydes is 1. The van der Waals surface area contributed by atoms with Gasteiger partial charge in [0.1, 0.15) is 18.6 Å². The molecule has 0 aliphatic carbocycles. The lowest BCUT2D eigenvalue weighted by Gasteiger charge is -2.10. The number of benzene rings is 1. The lowest BCUT2D eigenvalue weighted by Crippen LogP contribution is -2.39. The van der Waals surface area contributed by atoms with Crippen LogP contribution in [-0.2, 0) is 13.6 Å². The molecular formula is C15H16N2O4. The molecule has 21 heavy (non-hydrogen) atoms. The Morgan fingerprint density at radius 2 is 2.00 bits per heavy atom. The van der Waals surface area contributed by atoms with E-state index < -0.39 is 0 Å². The minimum Gasteiger partial charge on any atom is -0.491 e. The number of carbonyl (C=O) groups is 1. The van der Waals surface area contributed by atoms with Crippen molar-refractivity contribution in [2.45, 2.75) is 13.5 Å². The van der Waals surface area contributed by atoms with Crippen LogP contribution < -0.4 is 16.0 Å². The molecule has 0 aliphatic heterocycles. The van der Waals surface area contributed by atoms with Gasteiger partial charge in [0.05, 0.1) is 6.54 Å². The number of hydrogen-bond donors (Lipinski definition) is 0. The molecule has 0 bridgehead atoms. The van der Waals surface area contributed by atoms with Gasteiger partial charge in [-0.25, -0.2) is 4.79 Å².